The zero-order chi connectivity index (χ0) is 21.6. The van der Waals surface area contributed by atoms with Gasteiger partial charge in [-0.15, -0.1) is 0 Å². The van der Waals surface area contributed by atoms with Crippen molar-refractivity contribution in [3.05, 3.63) is 102 Å². The zero-order valence-corrected chi connectivity index (χ0v) is 17.1. The smallest absolute Gasteiger partial charge is 0.259 e. The highest BCUT2D eigenvalue weighted by Gasteiger charge is 2.18. The van der Waals surface area contributed by atoms with E-state index in [1.807, 2.05) is 60.7 Å². The number of hydrogen-bond donors (Lipinski definition) is 2. The number of carbonyl (C=O) groups is 2. The van der Waals surface area contributed by atoms with Crippen molar-refractivity contribution in [3.63, 3.8) is 0 Å². The van der Waals surface area contributed by atoms with E-state index < -0.39 is 0 Å². The van der Waals surface area contributed by atoms with Crippen molar-refractivity contribution in [1.82, 2.24) is 9.78 Å². The molecule has 4 rings (SSSR count). The lowest BCUT2D eigenvalue weighted by Gasteiger charge is -2.08. The fourth-order valence-electron chi connectivity index (χ4n) is 3.32. The first kappa shape index (κ1) is 20.1. The second kappa shape index (κ2) is 9.09. The van der Waals surface area contributed by atoms with Gasteiger partial charge in [-0.3, -0.25) is 14.3 Å². The molecular formula is C25H22N4O2. The van der Waals surface area contributed by atoms with E-state index in [2.05, 4.69) is 10.6 Å². The molecule has 0 radical (unpaired) electrons. The predicted octanol–water partition coefficient (Wildman–Crippen LogP) is 4.81. The van der Waals surface area contributed by atoms with Gasteiger partial charge in [0.1, 0.15) is 5.69 Å². The summed E-state index contributed by atoms with van der Waals surface area (Å²) in [7, 11) is 0. The van der Waals surface area contributed by atoms with E-state index >= 15 is 0 Å². The van der Waals surface area contributed by atoms with Gasteiger partial charge >= 0.3 is 0 Å². The third kappa shape index (κ3) is 5.05. The van der Waals surface area contributed by atoms with Gasteiger partial charge < -0.3 is 10.6 Å². The molecule has 0 atom stereocenters. The highest BCUT2D eigenvalue weighted by molar-refractivity contribution is 6.08. The van der Waals surface area contributed by atoms with Gasteiger partial charge in [0, 0.05) is 30.1 Å². The van der Waals surface area contributed by atoms with E-state index in [0.717, 1.165) is 11.1 Å². The van der Waals surface area contributed by atoms with Gasteiger partial charge in [0.25, 0.3) is 5.91 Å². The number of rotatable bonds is 6. The summed E-state index contributed by atoms with van der Waals surface area (Å²) in [5.74, 6) is -0.435. The Hall–Kier alpha value is -4.19. The molecule has 0 aliphatic carbocycles. The summed E-state index contributed by atoms with van der Waals surface area (Å²) in [6.45, 7) is 2.00. The molecule has 4 aromatic rings. The Labute approximate surface area is 180 Å². The topological polar surface area (TPSA) is 76.0 Å². The third-order valence-electron chi connectivity index (χ3n) is 4.68. The minimum atomic E-state index is -0.266. The summed E-state index contributed by atoms with van der Waals surface area (Å²) in [4.78, 5) is 24.5. The fraction of sp³-hybridized carbons (Fsp3) is 0.0800. The number of benzene rings is 3. The van der Waals surface area contributed by atoms with Crippen molar-refractivity contribution in [2.75, 3.05) is 10.6 Å². The number of nitrogens with one attached hydrogen (secondary N) is 2. The minimum Gasteiger partial charge on any atom is -0.326 e. The number of nitrogens with zero attached hydrogens (tertiary/aromatic N) is 2. The number of anilines is 2. The van der Waals surface area contributed by atoms with Gasteiger partial charge in [0.15, 0.2) is 0 Å². The molecular weight excluding hydrogens is 388 g/mol. The largest absolute Gasteiger partial charge is 0.326 e. The van der Waals surface area contributed by atoms with Crippen LogP contribution >= 0.6 is 0 Å². The maximum absolute atomic E-state index is 13.2. The van der Waals surface area contributed by atoms with Gasteiger partial charge in [0.05, 0.1) is 12.1 Å². The van der Waals surface area contributed by atoms with Gasteiger partial charge in [-0.2, -0.15) is 5.10 Å². The van der Waals surface area contributed by atoms with E-state index in [1.165, 1.54) is 6.92 Å². The molecule has 0 aliphatic rings. The van der Waals surface area contributed by atoms with Gasteiger partial charge in [-0.1, -0.05) is 66.7 Å². The van der Waals surface area contributed by atoms with Crippen LogP contribution in [-0.2, 0) is 11.3 Å². The molecule has 6 nitrogen and oxygen atoms in total. The van der Waals surface area contributed by atoms with Crippen molar-refractivity contribution in [1.29, 1.82) is 0 Å². The van der Waals surface area contributed by atoms with Gasteiger partial charge in [-0.05, 0) is 23.8 Å². The van der Waals surface area contributed by atoms with Gasteiger partial charge in [0.2, 0.25) is 5.91 Å². The molecule has 0 bridgehead atoms. The summed E-state index contributed by atoms with van der Waals surface area (Å²) in [6, 6.07) is 26.7. The second-order valence-electron chi connectivity index (χ2n) is 7.16. The van der Waals surface area contributed by atoms with Crippen LogP contribution in [0.1, 0.15) is 22.8 Å². The van der Waals surface area contributed by atoms with Crippen LogP contribution in [0.3, 0.4) is 0 Å². The number of carbonyl (C=O) groups excluding carboxylic acids is 2. The van der Waals surface area contributed by atoms with E-state index in [0.29, 0.717) is 29.2 Å². The number of amides is 2. The lowest BCUT2D eigenvalue weighted by atomic mass is 10.1. The van der Waals surface area contributed by atoms with E-state index in [-0.39, 0.29) is 11.8 Å². The Bertz CT molecular complexity index is 1200. The lowest BCUT2D eigenvalue weighted by molar-refractivity contribution is -0.114. The molecule has 0 saturated heterocycles. The van der Waals surface area contributed by atoms with Crippen LogP contribution in [0.25, 0.3) is 11.3 Å². The average Bonchev–Trinajstić information content (AvgIpc) is 3.19. The highest BCUT2D eigenvalue weighted by atomic mass is 16.2. The summed E-state index contributed by atoms with van der Waals surface area (Å²) in [6.07, 6.45) is 1.77. The maximum Gasteiger partial charge on any atom is 0.259 e. The number of aromatic nitrogens is 2. The quantitative estimate of drug-likeness (QED) is 0.479. The predicted molar refractivity (Wildman–Crippen MR) is 122 cm³/mol. The SMILES string of the molecule is CC(=O)Nc1cccc(NC(=O)c2cn(Cc3ccccc3)nc2-c2ccccc2)c1. The molecule has 1 aromatic heterocycles. The molecule has 0 saturated carbocycles. The summed E-state index contributed by atoms with van der Waals surface area (Å²) in [5, 5.41) is 10.3. The number of hydrogen-bond acceptors (Lipinski definition) is 3. The van der Waals surface area contributed by atoms with Crippen LogP contribution in [0.15, 0.2) is 91.1 Å². The molecule has 3 aromatic carbocycles. The average molecular weight is 410 g/mol. The monoisotopic (exact) mass is 410 g/mol. The zero-order valence-electron chi connectivity index (χ0n) is 17.1. The van der Waals surface area contributed by atoms with Crippen LogP contribution in [0.5, 0.6) is 0 Å². The molecule has 6 heteroatoms. The summed E-state index contributed by atoms with van der Waals surface area (Å²) < 4.78 is 1.78. The second-order valence-corrected chi connectivity index (χ2v) is 7.16. The molecule has 0 aliphatic heterocycles. The molecule has 2 amide bonds. The molecule has 31 heavy (non-hydrogen) atoms. The highest BCUT2D eigenvalue weighted by Crippen LogP contribution is 2.24. The van der Waals surface area contributed by atoms with Crippen molar-refractivity contribution >= 4 is 23.2 Å². The first-order chi connectivity index (χ1) is 15.1. The summed E-state index contributed by atoms with van der Waals surface area (Å²) in [5.41, 5.74) is 4.27. The lowest BCUT2D eigenvalue weighted by Crippen LogP contribution is -2.13. The van der Waals surface area contributed by atoms with Crippen LogP contribution in [0, 0.1) is 0 Å². The Balaban J connectivity index is 1.64. The van der Waals surface area contributed by atoms with Crippen molar-refractivity contribution in [3.8, 4) is 11.3 Å². The van der Waals surface area contributed by atoms with Crippen molar-refractivity contribution in [2.45, 2.75) is 13.5 Å². The van der Waals surface area contributed by atoms with Crippen LogP contribution in [-0.4, -0.2) is 21.6 Å². The Kier molecular flexibility index (Phi) is 5.89. The van der Waals surface area contributed by atoms with Crippen molar-refractivity contribution in [2.24, 2.45) is 0 Å². The summed E-state index contributed by atoms with van der Waals surface area (Å²) >= 11 is 0. The molecule has 1 heterocycles. The molecule has 0 unspecified atom stereocenters. The standard InChI is InChI=1S/C25H22N4O2/c1-18(30)26-21-13-8-14-22(15-21)27-25(31)23-17-29(16-19-9-4-2-5-10-19)28-24(23)20-11-6-3-7-12-20/h2-15,17H,16H2,1H3,(H,26,30)(H,27,31). The Morgan fingerprint density at radius 3 is 2.16 bits per heavy atom. The maximum atomic E-state index is 13.2. The van der Waals surface area contributed by atoms with Crippen molar-refractivity contribution < 1.29 is 9.59 Å². The minimum absolute atomic E-state index is 0.169. The van der Waals surface area contributed by atoms with Crippen LogP contribution in [0.2, 0.25) is 0 Å². The van der Waals surface area contributed by atoms with Gasteiger partial charge in [-0.25, -0.2) is 0 Å². The normalized spacial score (nSPS) is 10.5. The third-order valence-corrected chi connectivity index (χ3v) is 4.68. The van der Waals surface area contributed by atoms with E-state index in [1.54, 1.807) is 35.1 Å². The first-order valence-corrected chi connectivity index (χ1v) is 9.94. The fourth-order valence-corrected chi connectivity index (χ4v) is 3.32. The van der Waals surface area contributed by atoms with Crippen LogP contribution in [0.4, 0.5) is 11.4 Å². The molecule has 0 fully saturated rings. The first-order valence-electron chi connectivity index (χ1n) is 9.94. The van der Waals surface area contributed by atoms with E-state index in [9.17, 15) is 9.59 Å². The molecule has 154 valence electrons. The Morgan fingerprint density at radius 1 is 0.839 bits per heavy atom. The van der Waals surface area contributed by atoms with E-state index in [4.69, 9.17) is 5.10 Å². The Morgan fingerprint density at radius 2 is 1.48 bits per heavy atom. The van der Waals surface area contributed by atoms with Crippen LogP contribution < -0.4 is 10.6 Å². The molecule has 0 spiro atoms. The molecule has 2 N–H and O–H groups in total.